The molecule has 0 bridgehead atoms. The summed E-state index contributed by atoms with van der Waals surface area (Å²) in [7, 11) is -1.72. The molecule has 18 heavy (non-hydrogen) atoms. The Kier molecular flexibility index (Phi) is 5.56. The fourth-order valence-corrected chi connectivity index (χ4v) is 2.57. The van der Waals surface area contributed by atoms with Crippen molar-refractivity contribution in [3.63, 3.8) is 0 Å². The molecule has 0 radical (unpaired) electrons. The Balaban J connectivity index is 2.82. The molecule has 0 saturated heterocycles. The number of benzene rings is 1. The molecule has 0 aliphatic carbocycles. The van der Waals surface area contributed by atoms with Gasteiger partial charge in [-0.1, -0.05) is 38.1 Å². The summed E-state index contributed by atoms with van der Waals surface area (Å²) in [5.74, 6) is 0.500. The van der Waals surface area contributed by atoms with Gasteiger partial charge in [-0.2, -0.15) is 0 Å². The van der Waals surface area contributed by atoms with Gasteiger partial charge in [0.15, 0.2) is 9.84 Å². The summed E-state index contributed by atoms with van der Waals surface area (Å²) in [5, 5.41) is 0. The molecular weight excluding hydrogens is 248 g/mol. The van der Waals surface area contributed by atoms with Crippen LogP contribution in [-0.4, -0.2) is 27.9 Å². The summed E-state index contributed by atoms with van der Waals surface area (Å²) in [5.41, 5.74) is 1.01. The number of sulfone groups is 1. The molecular formula is C14H20O3S. The second-order valence-electron chi connectivity index (χ2n) is 4.48. The molecule has 3 nitrogen and oxygen atoms in total. The maximum atomic E-state index is 11.9. The van der Waals surface area contributed by atoms with E-state index in [0.29, 0.717) is 10.8 Å². The van der Waals surface area contributed by atoms with E-state index in [2.05, 4.69) is 19.9 Å². The zero-order valence-electron chi connectivity index (χ0n) is 11.1. The van der Waals surface area contributed by atoms with Gasteiger partial charge in [-0.15, -0.1) is 0 Å². The highest BCUT2D eigenvalue weighted by atomic mass is 32.2. The molecule has 0 heterocycles. The molecule has 0 saturated carbocycles. The van der Waals surface area contributed by atoms with E-state index in [1.54, 1.807) is 12.1 Å². The molecule has 0 aliphatic heterocycles. The Bertz CT molecular complexity index is 484. The highest BCUT2D eigenvalue weighted by molar-refractivity contribution is 7.91. The van der Waals surface area contributed by atoms with Crippen molar-refractivity contribution in [1.82, 2.24) is 0 Å². The lowest BCUT2D eigenvalue weighted by Gasteiger charge is -2.04. The summed E-state index contributed by atoms with van der Waals surface area (Å²) < 4.78 is 28.5. The molecule has 1 aromatic rings. The third-order valence-electron chi connectivity index (χ3n) is 2.47. The lowest BCUT2D eigenvalue weighted by molar-refractivity contribution is 0.217. The van der Waals surface area contributed by atoms with Crippen molar-refractivity contribution in [2.75, 3.05) is 19.5 Å². The molecule has 1 aromatic carbocycles. The molecule has 0 spiro atoms. The van der Waals surface area contributed by atoms with E-state index >= 15 is 0 Å². The van der Waals surface area contributed by atoms with Crippen LogP contribution >= 0.6 is 0 Å². The Hall–Kier alpha value is -1.13. The largest absolute Gasteiger partial charge is 0.384 e. The fraction of sp³-hybridized carbons (Fsp3) is 0.429. The number of hydrogen-bond donors (Lipinski definition) is 0. The Morgan fingerprint density at radius 2 is 1.83 bits per heavy atom. The third kappa shape index (κ3) is 4.63. The van der Waals surface area contributed by atoms with Crippen LogP contribution in [0.25, 0.3) is 6.08 Å². The van der Waals surface area contributed by atoms with Gasteiger partial charge in [-0.25, -0.2) is 8.42 Å². The molecule has 0 amide bonds. The third-order valence-corrected chi connectivity index (χ3v) is 4.16. The van der Waals surface area contributed by atoms with E-state index in [4.69, 9.17) is 4.74 Å². The van der Waals surface area contributed by atoms with Crippen molar-refractivity contribution in [2.45, 2.75) is 18.7 Å². The normalized spacial score (nSPS) is 12.4. The average molecular weight is 268 g/mol. The van der Waals surface area contributed by atoms with Gasteiger partial charge >= 0.3 is 0 Å². The van der Waals surface area contributed by atoms with Crippen molar-refractivity contribution in [3.8, 4) is 0 Å². The fourth-order valence-electron chi connectivity index (χ4n) is 1.40. The molecule has 0 unspecified atom stereocenters. The summed E-state index contributed by atoms with van der Waals surface area (Å²) in [6.07, 6.45) is 4.07. The first-order valence-electron chi connectivity index (χ1n) is 5.95. The lowest BCUT2D eigenvalue weighted by Crippen LogP contribution is -2.11. The summed E-state index contributed by atoms with van der Waals surface area (Å²) >= 11 is 0. The highest BCUT2D eigenvalue weighted by Gasteiger charge is 2.13. The van der Waals surface area contributed by atoms with Crippen LogP contribution in [0.15, 0.2) is 35.2 Å². The highest BCUT2D eigenvalue weighted by Crippen LogP contribution is 2.14. The van der Waals surface area contributed by atoms with Gasteiger partial charge in [0.1, 0.15) is 0 Å². The number of methoxy groups -OCH3 is 1. The zero-order chi connectivity index (χ0) is 13.6. The smallest absolute Gasteiger partial charge is 0.180 e. The van der Waals surface area contributed by atoms with Crippen molar-refractivity contribution >= 4 is 15.9 Å². The summed E-state index contributed by atoms with van der Waals surface area (Å²) in [6.45, 7) is 4.41. The van der Waals surface area contributed by atoms with Crippen molar-refractivity contribution in [2.24, 2.45) is 5.92 Å². The van der Waals surface area contributed by atoms with Crippen LogP contribution in [0.3, 0.4) is 0 Å². The van der Waals surface area contributed by atoms with Crippen LogP contribution in [-0.2, 0) is 14.6 Å². The second kappa shape index (κ2) is 6.71. The maximum absolute atomic E-state index is 11.9. The predicted octanol–water partition coefficient (Wildman–Crippen LogP) is 2.78. The maximum Gasteiger partial charge on any atom is 0.180 e. The van der Waals surface area contributed by atoms with Gasteiger partial charge in [0.05, 0.1) is 17.3 Å². The van der Waals surface area contributed by atoms with E-state index in [1.807, 2.05) is 18.2 Å². The van der Waals surface area contributed by atoms with E-state index < -0.39 is 9.84 Å². The minimum absolute atomic E-state index is 0.0185. The van der Waals surface area contributed by atoms with E-state index in [9.17, 15) is 8.42 Å². The van der Waals surface area contributed by atoms with Crippen molar-refractivity contribution < 1.29 is 13.2 Å². The minimum Gasteiger partial charge on any atom is -0.384 e. The van der Waals surface area contributed by atoms with Crippen molar-refractivity contribution in [1.29, 1.82) is 0 Å². The number of allylic oxidation sites excluding steroid dienone is 1. The van der Waals surface area contributed by atoms with Gasteiger partial charge in [0, 0.05) is 7.11 Å². The quantitative estimate of drug-likeness (QED) is 0.797. The van der Waals surface area contributed by atoms with Crippen LogP contribution in [0, 0.1) is 5.92 Å². The van der Waals surface area contributed by atoms with Crippen LogP contribution in [0.2, 0.25) is 0 Å². The second-order valence-corrected chi connectivity index (χ2v) is 6.59. The summed E-state index contributed by atoms with van der Waals surface area (Å²) in [4.78, 5) is 0.348. The number of rotatable bonds is 6. The molecule has 1 rings (SSSR count). The summed E-state index contributed by atoms with van der Waals surface area (Å²) in [6, 6.07) is 6.92. The monoisotopic (exact) mass is 268 g/mol. The van der Waals surface area contributed by atoms with E-state index in [0.717, 1.165) is 5.56 Å². The van der Waals surface area contributed by atoms with E-state index in [1.165, 1.54) is 7.11 Å². The Morgan fingerprint density at radius 1 is 1.22 bits per heavy atom. The first kappa shape index (κ1) is 14.9. The van der Waals surface area contributed by atoms with Gasteiger partial charge in [-0.3, -0.25) is 0 Å². The Morgan fingerprint density at radius 3 is 2.33 bits per heavy atom. The van der Waals surface area contributed by atoms with Crippen molar-refractivity contribution in [3.05, 3.63) is 35.9 Å². The topological polar surface area (TPSA) is 43.4 Å². The number of hydrogen-bond acceptors (Lipinski definition) is 3. The first-order valence-corrected chi connectivity index (χ1v) is 7.61. The molecule has 100 valence electrons. The molecule has 0 aromatic heterocycles. The molecule has 0 N–H and O–H groups in total. The lowest BCUT2D eigenvalue weighted by atomic mass is 10.1. The average Bonchev–Trinajstić information content (AvgIpc) is 2.34. The van der Waals surface area contributed by atoms with Crippen LogP contribution < -0.4 is 0 Å². The SMILES string of the molecule is COCCS(=O)(=O)c1ccc(C=CC(C)C)cc1. The number of ether oxygens (including phenoxy) is 1. The Labute approximate surface area is 109 Å². The van der Waals surface area contributed by atoms with Crippen LogP contribution in [0.1, 0.15) is 19.4 Å². The van der Waals surface area contributed by atoms with Gasteiger partial charge < -0.3 is 4.74 Å². The van der Waals surface area contributed by atoms with Crippen LogP contribution in [0.5, 0.6) is 0 Å². The molecule has 0 fully saturated rings. The van der Waals surface area contributed by atoms with Gasteiger partial charge in [0.2, 0.25) is 0 Å². The molecule has 0 atom stereocenters. The van der Waals surface area contributed by atoms with Gasteiger partial charge in [-0.05, 0) is 23.6 Å². The first-order chi connectivity index (χ1) is 8.45. The van der Waals surface area contributed by atoms with Crippen LogP contribution in [0.4, 0.5) is 0 Å². The zero-order valence-corrected chi connectivity index (χ0v) is 11.9. The predicted molar refractivity (Wildman–Crippen MR) is 74.2 cm³/mol. The minimum atomic E-state index is -3.22. The standard InChI is InChI=1S/C14H20O3S/c1-12(2)4-5-13-6-8-14(9-7-13)18(15,16)11-10-17-3/h4-9,12H,10-11H2,1-3H3. The molecule has 0 aliphatic rings. The molecule has 4 heteroatoms. The van der Waals surface area contributed by atoms with E-state index in [-0.39, 0.29) is 12.4 Å². The van der Waals surface area contributed by atoms with Gasteiger partial charge in [0.25, 0.3) is 0 Å².